The number of hydrogen-bond acceptors (Lipinski definition) is 3. The van der Waals surface area contributed by atoms with Crippen molar-refractivity contribution in [3.8, 4) is 17.2 Å². The average molecular weight is 438 g/mol. The molecule has 0 spiro atoms. The average Bonchev–Trinajstić information content (AvgIpc) is 3.35. The molecule has 33 heavy (non-hydrogen) atoms. The minimum Gasteiger partial charge on any atom is -0.457 e. The van der Waals surface area contributed by atoms with Gasteiger partial charge in [0, 0.05) is 35.2 Å². The number of nitrogens with zero attached hydrogens (tertiary/aromatic N) is 3. The van der Waals surface area contributed by atoms with E-state index in [1.807, 2.05) is 35.9 Å². The molecule has 1 fully saturated rings. The molecule has 0 bridgehead atoms. The van der Waals surface area contributed by atoms with Crippen LogP contribution in [0.1, 0.15) is 36.9 Å². The Morgan fingerprint density at radius 1 is 0.848 bits per heavy atom. The van der Waals surface area contributed by atoms with Crippen LogP contribution in [0.4, 0.5) is 0 Å². The van der Waals surface area contributed by atoms with Crippen LogP contribution in [0.2, 0.25) is 0 Å². The predicted molar refractivity (Wildman–Crippen MR) is 131 cm³/mol. The lowest BCUT2D eigenvalue weighted by molar-refractivity contribution is -0.0267. The number of benzene rings is 3. The molecule has 0 aliphatic carbocycles. The lowest BCUT2D eigenvalue weighted by Gasteiger charge is -2.25. The minimum atomic E-state index is 0.0609. The van der Waals surface area contributed by atoms with Crippen molar-refractivity contribution in [3.05, 3.63) is 84.2 Å². The highest BCUT2D eigenvalue weighted by Gasteiger charge is 2.21. The molecule has 166 valence electrons. The first-order valence-electron chi connectivity index (χ1n) is 11.6. The van der Waals surface area contributed by atoms with E-state index >= 15 is 0 Å². The largest absolute Gasteiger partial charge is 0.457 e. The summed E-state index contributed by atoms with van der Waals surface area (Å²) in [5, 5.41) is 7.08. The van der Waals surface area contributed by atoms with Gasteiger partial charge < -0.3 is 14.0 Å². The Bertz CT molecular complexity index is 1460. The minimum absolute atomic E-state index is 0.0609. The molecule has 0 N–H and O–H groups in total. The van der Waals surface area contributed by atoms with Crippen LogP contribution in [0.25, 0.3) is 27.5 Å². The number of fused-ring (bicyclic) bond motifs is 3. The number of rotatable bonds is 4. The topological polar surface area (TPSA) is 41.2 Å². The summed E-state index contributed by atoms with van der Waals surface area (Å²) in [7, 11) is 0. The zero-order valence-corrected chi connectivity index (χ0v) is 19.0. The van der Waals surface area contributed by atoms with E-state index in [4.69, 9.17) is 9.47 Å². The zero-order valence-electron chi connectivity index (χ0n) is 19.0. The summed E-state index contributed by atoms with van der Waals surface area (Å²) >= 11 is 0. The Hall–Kier alpha value is -3.57. The number of aromatic nitrogens is 3. The summed E-state index contributed by atoms with van der Waals surface area (Å²) in [6, 6.07) is 25.1. The van der Waals surface area contributed by atoms with Crippen LogP contribution < -0.4 is 4.74 Å². The molecular weight excluding hydrogens is 410 g/mol. The van der Waals surface area contributed by atoms with Gasteiger partial charge in [-0.2, -0.15) is 5.10 Å². The standard InChI is InChI=1S/C28H27N3O2/c1-19-16-20(2)31(29-19)21-8-7-9-22(17-21)33-23-13-14-25-24-10-3-4-11-26(24)30(27(25)18-23)28-12-5-6-15-32-28/h3-4,7-11,13-14,16-18,28H,5-6,12,15H2,1-2H3. The van der Waals surface area contributed by atoms with Crippen molar-refractivity contribution in [1.82, 2.24) is 14.3 Å². The van der Waals surface area contributed by atoms with Crippen molar-refractivity contribution in [1.29, 1.82) is 0 Å². The number of hydrogen-bond donors (Lipinski definition) is 0. The molecule has 5 nitrogen and oxygen atoms in total. The highest BCUT2D eigenvalue weighted by Crippen LogP contribution is 2.37. The fraction of sp³-hybridized carbons (Fsp3) is 0.250. The van der Waals surface area contributed by atoms with Gasteiger partial charge in [0.2, 0.25) is 0 Å². The van der Waals surface area contributed by atoms with Gasteiger partial charge in [0.15, 0.2) is 0 Å². The first kappa shape index (κ1) is 20.1. The molecule has 5 aromatic rings. The zero-order chi connectivity index (χ0) is 22.4. The van der Waals surface area contributed by atoms with Gasteiger partial charge in [0.1, 0.15) is 17.7 Å². The molecule has 0 radical (unpaired) electrons. The second kappa shape index (κ2) is 8.09. The third kappa shape index (κ3) is 3.58. The van der Waals surface area contributed by atoms with E-state index in [0.29, 0.717) is 0 Å². The fourth-order valence-corrected chi connectivity index (χ4v) is 4.99. The molecule has 5 heteroatoms. The van der Waals surface area contributed by atoms with Crippen molar-refractivity contribution in [2.24, 2.45) is 0 Å². The molecule has 3 heterocycles. The molecule has 1 aliphatic heterocycles. The van der Waals surface area contributed by atoms with Crippen LogP contribution in [-0.2, 0) is 4.74 Å². The van der Waals surface area contributed by atoms with E-state index in [-0.39, 0.29) is 6.23 Å². The molecule has 0 saturated carbocycles. The first-order valence-corrected chi connectivity index (χ1v) is 11.6. The van der Waals surface area contributed by atoms with Gasteiger partial charge in [-0.3, -0.25) is 0 Å². The number of para-hydroxylation sites is 1. The van der Waals surface area contributed by atoms with Crippen LogP contribution in [0.3, 0.4) is 0 Å². The van der Waals surface area contributed by atoms with E-state index < -0.39 is 0 Å². The summed E-state index contributed by atoms with van der Waals surface area (Å²) in [6.45, 7) is 4.88. The fourth-order valence-electron chi connectivity index (χ4n) is 4.99. The molecule has 1 atom stereocenters. The van der Waals surface area contributed by atoms with Crippen molar-refractivity contribution >= 4 is 21.8 Å². The smallest absolute Gasteiger partial charge is 0.134 e. The van der Waals surface area contributed by atoms with E-state index in [1.54, 1.807) is 0 Å². The van der Waals surface area contributed by atoms with Crippen LogP contribution in [-0.4, -0.2) is 21.0 Å². The van der Waals surface area contributed by atoms with Gasteiger partial charge in [-0.05, 0) is 69.5 Å². The maximum Gasteiger partial charge on any atom is 0.134 e. The van der Waals surface area contributed by atoms with E-state index in [1.165, 1.54) is 22.7 Å². The maximum atomic E-state index is 6.34. The van der Waals surface area contributed by atoms with Crippen molar-refractivity contribution in [2.45, 2.75) is 39.3 Å². The Morgan fingerprint density at radius 3 is 2.52 bits per heavy atom. The quantitative estimate of drug-likeness (QED) is 0.301. The van der Waals surface area contributed by atoms with Crippen LogP contribution in [0, 0.1) is 13.8 Å². The van der Waals surface area contributed by atoms with Gasteiger partial charge >= 0.3 is 0 Å². The number of aryl methyl sites for hydroxylation is 2. The third-order valence-corrected chi connectivity index (χ3v) is 6.43. The van der Waals surface area contributed by atoms with Gasteiger partial charge in [0.25, 0.3) is 0 Å². The van der Waals surface area contributed by atoms with E-state index in [2.05, 4.69) is 65.1 Å². The van der Waals surface area contributed by atoms with Gasteiger partial charge in [-0.1, -0.05) is 24.3 Å². The molecule has 1 unspecified atom stereocenters. The lowest BCUT2D eigenvalue weighted by Crippen LogP contribution is -2.17. The SMILES string of the molecule is Cc1cc(C)n(-c2cccc(Oc3ccc4c5ccccc5n(C5CCCCO5)c4c3)c2)n1. The van der Waals surface area contributed by atoms with E-state index in [9.17, 15) is 0 Å². The molecule has 0 amide bonds. The lowest BCUT2D eigenvalue weighted by atomic mass is 10.1. The highest BCUT2D eigenvalue weighted by molar-refractivity contribution is 6.08. The van der Waals surface area contributed by atoms with Gasteiger partial charge in [0.05, 0.1) is 22.4 Å². The summed E-state index contributed by atoms with van der Waals surface area (Å²) < 4.78 is 16.8. The first-order chi connectivity index (χ1) is 16.2. The molecule has 1 saturated heterocycles. The summed E-state index contributed by atoms with van der Waals surface area (Å²) in [6.07, 6.45) is 3.41. The molecule has 2 aromatic heterocycles. The Kier molecular flexibility index (Phi) is 4.92. The van der Waals surface area contributed by atoms with Crippen molar-refractivity contribution in [2.75, 3.05) is 6.61 Å². The Morgan fingerprint density at radius 2 is 1.70 bits per heavy atom. The van der Waals surface area contributed by atoms with Crippen LogP contribution in [0.15, 0.2) is 72.8 Å². The normalized spacial score (nSPS) is 16.5. The van der Waals surface area contributed by atoms with E-state index in [0.717, 1.165) is 53.5 Å². The van der Waals surface area contributed by atoms with Crippen LogP contribution >= 0.6 is 0 Å². The molecular formula is C28H27N3O2. The van der Waals surface area contributed by atoms with Crippen molar-refractivity contribution in [3.63, 3.8) is 0 Å². The monoisotopic (exact) mass is 437 g/mol. The predicted octanol–water partition coefficient (Wildman–Crippen LogP) is 7.09. The summed E-state index contributed by atoms with van der Waals surface area (Å²) in [4.78, 5) is 0. The second-order valence-corrected chi connectivity index (χ2v) is 8.83. The van der Waals surface area contributed by atoms with Crippen LogP contribution in [0.5, 0.6) is 11.5 Å². The summed E-state index contributed by atoms with van der Waals surface area (Å²) in [5.74, 6) is 1.60. The number of ether oxygens (including phenoxy) is 2. The maximum absolute atomic E-state index is 6.34. The molecule has 6 rings (SSSR count). The molecule has 1 aliphatic rings. The molecule has 3 aromatic carbocycles. The highest BCUT2D eigenvalue weighted by atomic mass is 16.5. The van der Waals surface area contributed by atoms with Gasteiger partial charge in [-0.15, -0.1) is 0 Å². The van der Waals surface area contributed by atoms with Gasteiger partial charge in [-0.25, -0.2) is 4.68 Å². The van der Waals surface area contributed by atoms with Crippen molar-refractivity contribution < 1.29 is 9.47 Å². The Balaban J connectivity index is 1.41. The Labute approximate surface area is 193 Å². The second-order valence-electron chi connectivity index (χ2n) is 8.83. The third-order valence-electron chi connectivity index (χ3n) is 6.43. The summed E-state index contributed by atoms with van der Waals surface area (Å²) in [5.41, 5.74) is 5.45.